The van der Waals surface area contributed by atoms with Crippen molar-refractivity contribution in [1.29, 1.82) is 0 Å². The molecule has 2 rings (SSSR count). The quantitative estimate of drug-likeness (QED) is 0.771. The van der Waals surface area contributed by atoms with Crippen LogP contribution in [-0.4, -0.2) is 24.2 Å². The third kappa shape index (κ3) is 2.33. The van der Waals surface area contributed by atoms with Gasteiger partial charge in [-0.15, -0.1) is 5.06 Å². The van der Waals surface area contributed by atoms with E-state index in [9.17, 15) is 13.2 Å². The lowest BCUT2D eigenvalue weighted by atomic mass is 10.1. The summed E-state index contributed by atoms with van der Waals surface area (Å²) in [6.07, 6.45) is -5.37. The molecule has 0 saturated carbocycles. The molecule has 7 heteroatoms. The Balaban J connectivity index is 2.28. The maximum atomic E-state index is 12.4. The van der Waals surface area contributed by atoms with Crippen LogP contribution >= 0.6 is 0 Å². The fraction of sp³-hybridized carbons (Fsp3) is 0.300. The molecule has 0 aliphatic carbocycles. The van der Waals surface area contributed by atoms with E-state index in [0.717, 1.165) is 5.06 Å². The third-order valence-electron chi connectivity index (χ3n) is 2.29. The Morgan fingerprint density at radius 2 is 1.88 bits per heavy atom. The molecule has 0 aromatic heterocycles. The van der Waals surface area contributed by atoms with E-state index in [4.69, 9.17) is 5.73 Å². The van der Waals surface area contributed by atoms with E-state index >= 15 is 0 Å². The summed E-state index contributed by atoms with van der Waals surface area (Å²) < 4.78 is 37.2. The Morgan fingerprint density at radius 3 is 2.35 bits per heavy atom. The normalized spacial score (nSPS) is 21.2. The van der Waals surface area contributed by atoms with Gasteiger partial charge in [0.15, 0.2) is 6.17 Å². The molecule has 1 heterocycles. The summed E-state index contributed by atoms with van der Waals surface area (Å²) in [5.74, 6) is -1.23. The molecular weight excluding hydrogens is 235 g/mol. The summed E-state index contributed by atoms with van der Waals surface area (Å²) in [6.45, 7) is 0. The molecule has 0 radical (unpaired) electrons. The van der Waals surface area contributed by atoms with Crippen LogP contribution < -0.4 is 5.73 Å². The minimum absolute atomic E-state index is 0.537. The van der Waals surface area contributed by atoms with Gasteiger partial charge in [0.05, 0.1) is 0 Å². The molecule has 0 amide bonds. The minimum atomic E-state index is -4.57. The largest absolute Gasteiger partial charge is 0.470 e. The van der Waals surface area contributed by atoms with Crippen molar-refractivity contribution in [2.45, 2.75) is 12.3 Å². The Labute approximate surface area is 95.4 Å². The average molecular weight is 245 g/mol. The van der Waals surface area contributed by atoms with E-state index < -0.39 is 18.2 Å². The SMILES string of the molecule is CN1OC(C(F)(F)F)=NC1c1ccc(N)cc1. The monoisotopic (exact) mass is 245 g/mol. The van der Waals surface area contributed by atoms with E-state index in [2.05, 4.69) is 9.83 Å². The molecule has 1 aromatic rings. The number of hydrogen-bond acceptors (Lipinski definition) is 4. The first-order valence-electron chi connectivity index (χ1n) is 4.79. The van der Waals surface area contributed by atoms with Gasteiger partial charge in [-0.25, -0.2) is 4.99 Å². The number of benzene rings is 1. The number of aliphatic imine (C=N–C) groups is 1. The van der Waals surface area contributed by atoms with E-state index in [1.165, 1.54) is 7.05 Å². The average Bonchev–Trinajstić information content (AvgIpc) is 2.61. The Kier molecular flexibility index (Phi) is 2.70. The summed E-state index contributed by atoms with van der Waals surface area (Å²) in [4.78, 5) is 8.04. The van der Waals surface area contributed by atoms with Crippen molar-refractivity contribution in [2.75, 3.05) is 12.8 Å². The van der Waals surface area contributed by atoms with Gasteiger partial charge in [-0.3, -0.25) is 0 Å². The van der Waals surface area contributed by atoms with Crippen LogP contribution in [0.25, 0.3) is 0 Å². The number of alkyl halides is 3. The smallest absolute Gasteiger partial charge is 0.399 e. The van der Waals surface area contributed by atoms with Gasteiger partial charge >= 0.3 is 12.1 Å². The molecule has 0 fully saturated rings. The molecule has 0 saturated heterocycles. The van der Waals surface area contributed by atoms with Crippen molar-refractivity contribution in [1.82, 2.24) is 5.06 Å². The topological polar surface area (TPSA) is 50.8 Å². The lowest BCUT2D eigenvalue weighted by Gasteiger charge is -2.16. The first-order valence-corrected chi connectivity index (χ1v) is 4.79. The highest BCUT2D eigenvalue weighted by Gasteiger charge is 2.44. The first kappa shape index (κ1) is 11.7. The highest BCUT2D eigenvalue weighted by atomic mass is 19.4. The predicted molar refractivity (Wildman–Crippen MR) is 55.9 cm³/mol. The van der Waals surface area contributed by atoms with Crippen LogP contribution in [0.5, 0.6) is 0 Å². The van der Waals surface area contributed by atoms with Crippen LogP contribution in [0.15, 0.2) is 29.3 Å². The number of halogens is 3. The molecular formula is C10H10F3N3O. The Morgan fingerprint density at radius 1 is 1.29 bits per heavy atom. The first-order chi connectivity index (χ1) is 7.88. The molecule has 92 valence electrons. The zero-order valence-electron chi connectivity index (χ0n) is 8.90. The van der Waals surface area contributed by atoms with Gasteiger partial charge in [0.25, 0.3) is 0 Å². The van der Waals surface area contributed by atoms with Gasteiger partial charge in [-0.05, 0) is 17.7 Å². The van der Waals surface area contributed by atoms with Crippen LogP contribution in [0, 0.1) is 0 Å². The number of hydroxylamine groups is 2. The Bertz CT molecular complexity index is 441. The molecule has 1 atom stereocenters. The van der Waals surface area contributed by atoms with Crippen molar-refractivity contribution >= 4 is 11.6 Å². The van der Waals surface area contributed by atoms with Crippen LogP contribution in [0.3, 0.4) is 0 Å². The van der Waals surface area contributed by atoms with Gasteiger partial charge < -0.3 is 10.6 Å². The van der Waals surface area contributed by atoms with Crippen LogP contribution in [0.1, 0.15) is 11.7 Å². The second kappa shape index (κ2) is 3.92. The van der Waals surface area contributed by atoms with E-state index in [1.54, 1.807) is 24.3 Å². The molecule has 0 bridgehead atoms. The van der Waals surface area contributed by atoms with Gasteiger partial charge in [0.1, 0.15) is 0 Å². The van der Waals surface area contributed by atoms with Crippen LogP contribution in [0.2, 0.25) is 0 Å². The third-order valence-corrected chi connectivity index (χ3v) is 2.29. The molecule has 1 aromatic carbocycles. The van der Waals surface area contributed by atoms with E-state index in [1.807, 2.05) is 0 Å². The summed E-state index contributed by atoms with van der Waals surface area (Å²) >= 11 is 0. The maximum Gasteiger partial charge on any atom is 0.470 e. The molecule has 1 aliphatic rings. The van der Waals surface area contributed by atoms with Gasteiger partial charge in [0, 0.05) is 12.7 Å². The van der Waals surface area contributed by atoms with Crippen molar-refractivity contribution in [2.24, 2.45) is 4.99 Å². The fourth-order valence-corrected chi connectivity index (χ4v) is 1.48. The molecule has 0 spiro atoms. The second-order valence-corrected chi connectivity index (χ2v) is 3.61. The molecule has 1 aliphatic heterocycles. The second-order valence-electron chi connectivity index (χ2n) is 3.61. The zero-order chi connectivity index (χ0) is 12.6. The molecule has 2 N–H and O–H groups in total. The lowest BCUT2D eigenvalue weighted by Crippen LogP contribution is -2.26. The zero-order valence-corrected chi connectivity index (χ0v) is 8.90. The van der Waals surface area contributed by atoms with Gasteiger partial charge in [-0.2, -0.15) is 13.2 Å². The number of nitrogens with two attached hydrogens (primary N) is 1. The maximum absolute atomic E-state index is 12.4. The highest BCUT2D eigenvalue weighted by Crippen LogP contribution is 2.32. The van der Waals surface area contributed by atoms with Crippen molar-refractivity contribution in [3.05, 3.63) is 29.8 Å². The van der Waals surface area contributed by atoms with E-state index in [-0.39, 0.29) is 0 Å². The van der Waals surface area contributed by atoms with E-state index in [0.29, 0.717) is 11.3 Å². The molecule has 1 unspecified atom stereocenters. The van der Waals surface area contributed by atoms with Crippen LogP contribution in [0.4, 0.5) is 18.9 Å². The standard InChI is InChI=1S/C10H10F3N3O/c1-16-8(6-2-4-7(14)5-3-6)15-9(17-16)10(11,12)13/h2-5,8H,14H2,1H3. The van der Waals surface area contributed by atoms with Crippen molar-refractivity contribution in [3.8, 4) is 0 Å². The Hall–Kier alpha value is -1.76. The number of hydrogen-bond donors (Lipinski definition) is 1. The van der Waals surface area contributed by atoms with Crippen molar-refractivity contribution < 1.29 is 18.0 Å². The number of nitrogens with zero attached hydrogens (tertiary/aromatic N) is 2. The molecule has 4 nitrogen and oxygen atoms in total. The summed E-state index contributed by atoms with van der Waals surface area (Å²) in [5, 5.41) is 1.05. The van der Waals surface area contributed by atoms with Gasteiger partial charge in [0.2, 0.25) is 0 Å². The summed E-state index contributed by atoms with van der Waals surface area (Å²) in [7, 11) is 1.39. The van der Waals surface area contributed by atoms with Crippen LogP contribution in [-0.2, 0) is 4.84 Å². The predicted octanol–water partition coefficient (Wildman–Crippen LogP) is 2.11. The number of anilines is 1. The number of rotatable bonds is 1. The summed E-state index contributed by atoms with van der Waals surface area (Å²) in [6, 6.07) is 6.43. The lowest BCUT2D eigenvalue weighted by molar-refractivity contribution is -0.122. The minimum Gasteiger partial charge on any atom is -0.399 e. The number of nitrogen functional groups attached to an aromatic ring is 1. The van der Waals surface area contributed by atoms with Crippen molar-refractivity contribution in [3.63, 3.8) is 0 Å². The highest BCUT2D eigenvalue weighted by molar-refractivity contribution is 5.82. The molecule has 17 heavy (non-hydrogen) atoms. The fourth-order valence-electron chi connectivity index (χ4n) is 1.48. The van der Waals surface area contributed by atoms with Gasteiger partial charge in [-0.1, -0.05) is 12.1 Å². The summed E-state index contributed by atoms with van der Waals surface area (Å²) in [5.41, 5.74) is 6.62.